The molecule has 2 rings (SSSR count). The summed E-state index contributed by atoms with van der Waals surface area (Å²) >= 11 is 0. The fraction of sp³-hybridized carbons (Fsp3) is 0.417. The third kappa shape index (κ3) is 1.82. The lowest BCUT2D eigenvalue weighted by molar-refractivity contribution is 0.701. The van der Waals surface area contributed by atoms with Gasteiger partial charge in [-0.3, -0.25) is 4.99 Å². The maximum atomic E-state index is 5.62. The van der Waals surface area contributed by atoms with Crippen molar-refractivity contribution in [2.24, 2.45) is 10.7 Å². The predicted molar refractivity (Wildman–Crippen MR) is 63.0 cm³/mol. The molecule has 1 atom stereocenters. The predicted octanol–water partition coefficient (Wildman–Crippen LogP) is 1.57. The van der Waals surface area contributed by atoms with Crippen LogP contribution in [0.2, 0.25) is 0 Å². The molecule has 1 aromatic carbocycles. The molecule has 1 heterocycles. The van der Waals surface area contributed by atoms with Crippen molar-refractivity contribution in [3.05, 3.63) is 34.4 Å². The van der Waals surface area contributed by atoms with Gasteiger partial charge in [0.25, 0.3) is 0 Å². The summed E-state index contributed by atoms with van der Waals surface area (Å²) in [5.41, 5.74) is 10.9. The number of guanidine groups is 1. The zero-order valence-corrected chi connectivity index (χ0v) is 9.46. The summed E-state index contributed by atoms with van der Waals surface area (Å²) in [5, 5.41) is 3.19. The SMILES string of the molecule is Cc1cc(C)c(C2CN=C(N)N2)cc1C. The number of hydrogen-bond acceptors (Lipinski definition) is 3. The second kappa shape index (κ2) is 3.57. The number of nitrogens with one attached hydrogen (secondary N) is 1. The lowest BCUT2D eigenvalue weighted by Gasteiger charge is -2.16. The highest BCUT2D eigenvalue weighted by Crippen LogP contribution is 2.23. The van der Waals surface area contributed by atoms with Crippen LogP contribution in [0.15, 0.2) is 17.1 Å². The van der Waals surface area contributed by atoms with Crippen molar-refractivity contribution in [2.45, 2.75) is 26.8 Å². The van der Waals surface area contributed by atoms with Gasteiger partial charge in [-0.2, -0.15) is 0 Å². The number of nitrogens with two attached hydrogens (primary N) is 1. The molecule has 0 aliphatic carbocycles. The van der Waals surface area contributed by atoms with Crippen LogP contribution in [0, 0.1) is 20.8 Å². The second-order valence-electron chi connectivity index (χ2n) is 4.22. The number of nitrogens with zero attached hydrogens (tertiary/aromatic N) is 1. The van der Waals surface area contributed by atoms with Crippen LogP contribution < -0.4 is 11.1 Å². The Hall–Kier alpha value is -1.51. The van der Waals surface area contributed by atoms with Crippen LogP contribution in [0.3, 0.4) is 0 Å². The van der Waals surface area contributed by atoms with Gasteiger partial charge in [0.1, 0.15) is 0 Å². The molecule has 0 amide bonds. The van der Waals surface area contributed by atoms with Gasteiger partial charge in [0.15, 0.2) is 5.96 Å². The molecule has 0 saturated heterocycles. The summed E-state index contributed by atoms with van der Waals surface area (Å²) in [6.07, 6.45) is 0. The van der Waals surface area contributed by atoms with Gasteiger partial charge >= 0.3 is 0 Å². The van der Waals surface area contributed by atoms with E-state index < -0.39 is 0 Å². The second-order valence-corrected chi connectivity index (χ2v) is 4.22. The molecule has 3 N–H and O–H groups in total. The third-order valence-corrected chi connectivity index (χ3v) is 3.02. The van der Waals surface area contributed by atoms with Crippen LogP contribution >= 0.6 is 0 Å². The molecule has 0 radical (unpaired) electrons. The Morgan fingerprint density at radius 2 is 1.87 bits per heavy atom. The highest BCUT2D eigenvalue weighted by molar-refractivity contribution is 5.80. The summed E-state index contributed by atoms with van der Waals surface area (Å²) in [5.74, 6) is 0.553. The van der Waals surface area contributed by atoms with Crippen molar-refractivity contribution in [2.75, 3.05) is 6.54 Å². The van der Waals surface area contributed by atoms with Crippen molar-refractivity contribution in [1.82, 2.24) is 5.32 Å². The van der Waals surface area contributed by atoms with Gasteiger partial charge in [0.2, 0.25) is 0 Å². The maximum absolute atomic E-state index is 5.62. The minimum Gasteiger partial charge on any atom is -0.370 e. The van der Waals surface area contributed by atoms with Crippen molar-refractivity contribution in [1.29, 1.82) is 0 Å². The minimum absolute atomic E-state index is 0.254. The zero-order chi connectivity index (χ0) is 11.0. The summed E-state index contributed by atoms with van der Waals surface area (Å²) < 4.78 is 0. The van der Waals surface area contributed by atoms with E-state index in [1.54, 1.807) is 0 Å². The Labute approximate surface area is 90.4 Å². The van der Waals surface area contributed by atoms with Crippen LogP contribution in [0.1, 0.15) is 28.3 Å². The molecule has 15 heavy (non-hydrogen) atoms. The molecular formula is C12H17N3. The van der Waals surface area contributed by atoms with E-state index in [9.17, 15) is 0 Å². The largest absolute Gasteiger partial charge is 0.370 e. The van der Waals surface area contributed by atoms with Gasteiger partial charge in [-0.1, -0.05) is 12.1 Å². The van der Waals surface area contributed by atoms with E-state index in [-0.39, 0.29) is 6.04 Å². The zero-order valence-electron chi connectivity index (χ0n) is 9.46. The molecule has 1 aliphatic rings. The lowest BCUT2D eigenvalue weighted by atomic mass is 9.96. The summed E-state index contributed by atoms with van der Waals surface area (Å²) in [4.78, 5) is 4.17. The summed E-state index contributed by atoms with van der Waals surface area (Å²) in [6, 6.07) is 4.71. The lowest BCUT2D eigenvalue weighted by Crippen LogP contribution is -2.30. The van der Waals surface area contributed by atoms with Crippen molar-refractivity contribution < 1.29 is 0 Å². The summed E-state index contributed by atoms with van der Waals surface area (Å²) in [7, 11) is 0. The molecule has 3 nitrogen and oxygen atoms in total. The van der Waals surface area contributed by atoms with Gasteiger partial charge in [0.05, 0.1) is 12.6 Å². The number of aryl methyl sites for hydroxylation is 3. The molecule has 1 aromatic rings. The van der Waals surface area contributed by atoms with Gasteiger partial charge < -0.3 is 11.1 Å². The molecule has 1 unspecified atom stereocenters. The standard InChI is InChI=1S/C12H17N3/c1-7-4-9(3)10(5-8(7)2)11-6-14-12(13)15-11/h4-5,11H,6H2,1-3H3,(H3,13,14,15). The average molecular weight is 203 g/mol. The Kier molecular flexibility index (Phi) is 2.39. The molecule has 1 aliphatic heterocycles. The Bertz CT molecular complexity index is 421. The van der Waals surface area contributed by atoms with E-state index in [0.29, 0.717) is 5.96 Å². The number of rotatable bonds is 1. The molecule has 0 bridgehead atoms. The maximum Gasteiger partial charge on any atom is 0.189 e. The molecule has 80 valence electrons. The molecule has 0 aromatic heterocycles. The van der Waals surface area contributed by atoms with E-state index in [1.807, 2.05) is 0 Å². The van der Waals surface area contributed by atoms with Gasteiger partial charge in [0, 0.05) is 0 Å². The monoisotopic (exact) mass is 203 g/mol. The quantitative estimate of drug-likeness (QED) is 0.728. The fourth-order valence-electron chi connectivity index (χ4n) is 1.99. The van der Waals surface area contributed by atoms with Crippen LogP contribution in [0.4, 0.5) is 0 Å². The summed E-state index contributed by atoms with van der Waals surface area (Å²) in [6.45, 7) is 7.16. The number of hydrogen-bond donors (Lipinski definition) is 2. The van der Waals surface area contributed by atoms with Crippen LogP contribution in [0.25, 0.3) is 0 Å². The smallest absolute Gasteiger partial charge is 0.189 e. The molecular weight excluding hydrogens is 186 g/mol. The highest BCUT2D eigenvalue weighted by atomic mass is 15.2. The molecule has 0 spiro atoms. The highest BCUT2D eigenvalue weighted by Gasteiger charge is 2.19. The normalized spacial score (nSPS) is 19.9. The van der Waals surface area contributed by atoms with E-state index in [1.165, 1.54) is 22.3 Å². The van der Waals surface area contributed by atoms with Crippen LogP contribution in [0.5, 0.6) is 0 Å². The molecule has 3 heteroatoms. The van der Waals surface area contributed by atoms with Crippen molar-refractivity contribution in [3.8, 4) is 0 Å². The van der Waals surface area contributed by atoms with E-state index in [2.05, 4.69) is 43.2 Å². The fourth-order valence-corrected chi connectivity index (χ4v) is 1.99. The van der Waals surface area contributed by atoms with E-state index >= 15 is 0 Å². The van der Waals surface area contributed by atoms with Gasteiger partial charge in [-0.25, -0.2) is 0 Å². The van der Waals surface area contributed by atoms with Crippen LogP contribution in [-0.2, 0) is 0 Å². The first-order valence-corrected chi connectivity index (χ1v) is 5.22. The van der Waals surface area contributed by atoms with Gasteiger partial charge in [-0.05, 0) is 43.0 Å². The van der Waals surface area contributed by atoms with E-state index in [0.717, 1.165) is 6.54 Å². The number of aliphatic imine (C=N–C) groups is 1. The average Bonchev–Trinajstić information content (AvgIpc) is 2.58. The number of benzene rings is 1. The van der Waals surface area contributed by atoms with Crippen molar-refractivity contribution in [3.63, 3.8) is 0 Å². The van der Waals surface area contributed by atoms with Gasteiger partial charge in [-0.15, -0.1) is 0 Å². The topological polar surface area (TPSA) is 50.4 Å². The first kappa shape index (κ1) is 10.0. The Morgan fingerprint density at radius 3 is 2.47 bits per heavy atom. The Morgan fingerprint density at radius 1 is 1.20 bits per heavy atom. The first-order valence-electron chi connectivity index (χ1n) is 5.22. The first-order chi connectivity index (χ1) is 7.08. The van der Waals surface area contributed by atoms with Crippen LogP contribution in [-0.4, -0.2) is 12.5 Å². The molecule has 0 saturated carbocycles. The van der Waals surface area contributed by atoms with Crippen molar-refractivity contribution >= 4 is 5.96 Å². The molecule has 0 fully saturated rings. The Balaban J connectivity index is 2.33. The van der Waals surface area contributed by atoms with E-state index in [4.69, 9.17) is 5.73 Å². The minimum atomic E-state index is 0.254. The third-order valence-electron chi connectivity index (χ3n) is 3.02.